The van der Waals surface area contributed by atoms with Crippen LogP contribution in [-0.4, -0.2) is 50.4 Å². The van der Waals surface area contributed by atoms with E-state index in [2.05, 4.69) is 41.5 Å². The van der Waals surface area contributed by atoms with Crippen molar-refractivity contribution in [1.29, 1.82) is 0 Å². The molecule has 1 heterocycles. The van der Waals surface area contributed by atoms with Crippen molar-refractivity contribution in [3.8, 4) is 0 Å². The Morgan fingerprint density at radius 2 is 1.69 bits per heavy atom. The highest BCUT2D eigenvalue weighted by Gasteiger charge is 2.46. The van der Waals surface area contributed by atoms with Crippen LogP contribution in [0.3, 0.4) is 0 Å². The summed E-state index contributed by atoms with van der Waals surface area (Å²) in [5.41, 5.74) is 1.43. The Labute approximate surface area is 160 Å². The van der Waals surface area contributed by atoms with E-state index in [4.69, 9.17) is 9.16 Å². The van der Waals surface area contributed by atoms with Gasteiger partial charge in [0.25, 0.3) is 0 Å². The predicted octanol–water partition coefficient (Wildman–Crippen LogP) is 4.92. The number of rotatable bonds is 7. The van der Waals surface area contributed by atoms with Crippen LogP contribution in [0, 0.1) is 0 Å². The van der Waals surface area contributed by atoms with Gasteiger partial charge in [0.05, 0.1) is 19.2 Å². The minimum atomic E-state index is -2.03. The van der Waals surface area contributed by atoms with Gasteiger partial charge in [-0.1, -0.05) is 47.6 Å². The van der Waals surface area contributed by atoms with Gasteiger partial charge in [0.15, 0.2) is 8.32 Å². The van der Waals surface area contributed by atoms with Gasteiger partial charge in [-0.25, -0.2) is 4.79 Å². The molecule has 0 fully saturated rings. The Morgan fingerprint density at radius 1 is 1.19 bits per heavy atom. The molecule has 0 saturated carbocycles. The van der Waals surface area contributed by atoms with Gasteiger partial charge in [-0.3, -0.25) is 9.69 Å². The molecule has 0 aromatic carbocycles. The summed E-state index contributed by atoms with van der Waals surface area (Å²) in [6.45, 7) is 19.6. The molecule has 1 atom stereocenters. The Bertz CT molecular complexity index is 513. The monoisotopic (exact) mass is 383 g/mol. The first-order chi connectivity index (χ1) is 11.8. The van der Waals surface area contributed by atoms with E-state index >= 15 is 0 Å². The Kier molecular flexibility index (Phi) is 7.66. The van der Waals surface area contributed by atoms with Crippen molar-refractivity contribution >= 4 is 20.7 Å². The fourth-order valence-corrected chi connectivity index (χ4v) is 9.63. The fourth-order valence-electron chi connectivity index (χ4n) is 4.17. The van der Waals surface area contributed by atoms with E-state index < -0.39 is 20.0 Å². The molecule has 0 unspecified atom stereocenters. The molecule has 6 heteroatoms. The van der Waals surface area contributed by atoms with E-state index in [1.54, 1.807) is 4.90 Å². The van der Waals surface area contributed by atoms with Crippen LogP contribution in [-0.2, 0) is 14.0 Å². The number of ether oxygens (including phenoxy) is 1. The van der Waals surface area contributed by atoms with Crippen molar-refractivity contribution in [3.63, 3.8) is 0 Å². The number of aldehydes is 1. The third-order valence-electron chi connectivity index (χ3n) is 5.15. The maximum Gasteiger partial charge on any atom is 0.411 e. The first-order valence-corrected chi connectivity index (χ1v) is 11.8. The Morgan fingerprint density at radius 3 is 2.08 bits per heavy atom. The van der Waals surface area contributed by atoms with E-state index in [1.165, 1.54) is 0 Å². The fraction of sp³-hybridized carbons (Fsp3) is 0.800. The lowest BCUT2D eigenvalue weighted by atomic mass is 10.2. The number of hydrogen-bond acceptors (Lipinski definition) is 4. The number of nitrogens with zero attached hydrogens (tertiary/aromatic N) is 1. The summed E-state index contributed by atoms with van der Waals surface area (Å²) >= 11 is 0. The molecule has 150 valence electrons. The lowest BCUT2D eigenvalue weighted by Gasteiger charge is -2.43. The zero-order valence-electron chi connectivity index (χ0n) is 18.0. The molecule has 1 rings (SSSR count). The second-order valence-corrected chi connectivity index (χ2v) is 14.6. The summed E-state index contributed by atoms with van der Waals surface area (Å²) in [5, 5.41) is 0. The standard InChI is InChI=1S/C20H37NO4Si/c1-14(2)26(15(3)4,16(5)6)24-13-18-10-17(12-22)11-21(18)19(23)25-20(7,8)9/h10,12,14-16,18H,11,13H2,1-9H3/t18-/m0/s1. The van der Waals surface area contributed by atoms with Crippen molar-refractivity contribution in [2.45, 2.75) is 90.6 Å². The highest BCUT2D eigenvalue weighted by molar-refractivity contribution is 6.77. The van der Waals surface area contributed by atoms with E-state index in [0.29, 0.717) is 28.8 Å². The molecule has 1 amide bonds. The largest absolute Gasteiger partial charge is 0.444 e. The molecule has 0 bridgehead atoms. The van der Waals surface area contributed by atoms with Crippen molar-refractivity contribution in [1.82, 2.24) is 4.90 Å². The van der Waals surface area contributed by atoms with Gasteiger partial charge in [0.1, 0.15) is 11.9 Å². The molecule has 0 radical (unpaired) electrons. The third kappa shape index (κ3) is 5.19. The van der Waals surface area contributed by atoms with Crippen LogP contribution in [0.5, 0.6) is 0 Å². The highest BCUT2D eigenvalue weighted by atomic mass is 28.4. The summed E-state index contributed by atoms with van der Waals surface area (Å²) in [5.74, 6) is 0. The van der Waals surface area contributed by atoms with Crippen LogP contribution in [0.1, 0.15) is 62.3 Å². The number of amides is 1. The molecule has 0 aromatic heterocycles. The van der Waals surface area contributed by atoms with Gasteiger partial charge in [-0.2, -0.15) is 0 Å². The molecule has 5 nitrogen and oxygen atoms in total. The first-order valence-electron chi connectivity index (χ1n) is 9.64. The molecule has 0 N–H and O–H groups in total. The highest BCUT2D eigenvalue weighted by Crippen LogP contribution is 2.42. The molecule has 0 spiro atoms. The van der Waals surface area contributed by atoms with Crippen LogP contribution in [0.4, 0.5) is 4.79 Å². The summed E-state index contributed by atoms with van der Waals surface area (Å²) in [7, 11) is -2.03. The van der Waals surface area contributed by atoms with Crippen molar-refractivity contribution < 1.29 is 18.8 Å². The molecule has 26 heavy (non-hydrogen) atoms. The zero-order chi connectivity index (χ0) is 20.3. The second-order valence-electron chi connectivity index (χ2n) is 9.16. The van der Waals surface area contributed by atoms with E-state index in [1.807, 2.05) is 26.8 Å². The topological polar surface area (TPSA) is 55.8 Å². The Hall–Kier alpha value is -1.14. The number of hydrogen-bond donors (Lipinski definition) is 0. The molecule has 0 aromatic rings. The molecule has 1 aliphatic heterocycles. The van der Waals surface area contributed by atoms with Crippen LogP contribution >= 0.6 is 0 Å². The quantitative estimate of drug-likeness (QED) is 0.462. The predicted molar refractivity (Wildman–Crippen MR) is 108 cm³/mol. The summed E-state index contributed by atoms with van der Waals surface area (Å²) in [6.07, 6.45) is 2.26. The first kappa shape index (κ1) is 22.9. The lowest BCUT2D eigenvalue weighted by molar-refractivity contribution is -0.105. The average molecular weight is 384 g/mol. The van der Waals surface area contributed by atoms with Gasteiger partial charge < -0.3 is 9.16 Å². The summed E-state index contributed by atoms with van der Waals surface area (Å²) in [6, 6.07) is -0.256. The number of carbonyl (C=O) groups is 2. The van der Waals surface area contributed by atoms with Crippen molar-refractivity contribution in [2.75, 3.05) is 13.2 Å². The lowest BCUT2D eigenvalue weighted by Crippen LogP contribution is -2.51. The van der Waals surface area contributed by atoms with Gasteiger partial charge >= 0.3 is 6.09 Å². The maximum absolute atomic E-state index is 12.6. The number of carbonyl (C=O) groups excluding carboxylic acids is 2. The molecule has 0 saturated heterocycles. The zero-order valence-corrected chi connectivity index (χ0v) is 19.0. The second kappa shape index (κ2) is 8.70. The van der Waals surface area contributed by atoms with Crippen LogP contribution < -0.4 is 0 Å². The van der Waals surface area contributed by atoms with Crippen LogP contribution in [0.25, 0.3) is 0 Å². The molecule has 0 aliphatic carbocycles. The summed E-state index contributed by atoms with van der Waals surface area (Å²) in [4.78, 5) is 25.4. The smallest absolute Gasteiger partial charge is 0.411 e. The molecule has 1 aliphatic rings. The minimum Gasteiger partial charge on any atom is -0.444 e. The van der Waals surface area contributed by atoms with Gasteiger partial charge in [-0.15, -0.1) is 0 Å². The molecular weight excluding hydrogens is 346 g/mol. The maximum atomic E-state index is 12.6. The van der Waals surface area contributed by atoms with E-state index in [9.17, 15) is 9.59 Å². The normalized spacial score (nSPS) is 18.7. The van der Waals surface area contributed by atoms with E-state index in [-0.39, 0.29) is 12.6 Å². The SMILES string of the molecule is CC(C)[Si](OC[C@@H]1C=C(C=O)CN1C(=O)OC(C)(C)C)(C(C)C)C(C)C. The average Bonchev–Trinajstić information content (AvgIpc) is 2.88. The Balaban J connectivity index is 3.00. The van der Waals surface area contributed by atoms with Crippen molar-refractivity contribution in [2.24, 2.45) is 0 Å². The third-order valence-corrected chi connectivity index (χ3v) is 11.2. The van der Waals surface area contributed by atoms with Crippen LogP contribution in [0.2, 0.25) is 16.6 Å². The van der Waals surface area contributed by atoms with Gasteiger partial charge in [0.2, 0.25) is 0 Å². The van der Waals surface area contributed by atoms with Crippen LogP contribution in [0.15, 0.2) is 11.6 Å². The summed E-state index contributed by atoms with van der Waals surface area (Å²) < 4.78 is 12.1. The van der Waals surface area contributed by atoms with E-state index in [0.717, 1.165) is 6.29 Å². The van der Waals surface area contributed by atoms with Gasteiger partial charge in [0, 0.05) is 5.57 Å². The molecular formula is C20H37NO4Si. The van der Waals surface area contributed by atoms with Crippen molar-refractivity contribution in [3.05, 3.63) is 11.6 Å². The minimum absolute atomic E-state index is 0.256. The van der Waals surface area contributed by atoms with Gasteiger partial charge in [-0.05, 0) is 37.4 Å².